The van der Waals surface area contributed by atoms with Crippen LogP contribution in [-0.4, -0.2) is 25.8 Å². The number of anilines is 1. The molecule has 2 N–H and O–H groups in total. The summed E-state index contributed by atoms with van der Waals surface area (Å²) in [6.45, 7) is 0.680. The summed E-state index contributed by atoms with van der Waals surface area (Å²) < 4.78 is 15.9. The van der Waals surface area contributed by atoms with Gasteiger partial charge in [-0.25, -0.2) is 4.79 Å². The summed E-state index contributed by atoms with van der Waals surface area (Å²) in [5.41, 5.74) is 8.71. The van der Waals surface area contributed by atoms with E-state index in [0.29, 0.717) is 12.3 Å². The number of epoxide rings is 1. The minimum Gasteiger partial charge on any atom is -0.494 e. The zero-order valence-electron chi connectivity index (χ0n) is 14.3. The SMILES string of the molecule is COC(=O)[C@H]1O[C@@H]1c1cc(N)ccc1CCCCOc1ccccc1. The molecule has 1 aliphatic heterocycles. The van der Waals surface area contributed by atoms with Crippen molar-refractivity contribution < 1.29 is 19.0 Å². The summed E-state index contributed by atoms with van der Waals surface area (Å²) in [7, 11) is 1.37. The van der Waals surface area contributed by atoms with E-state index in [1.807, 2.05) is 48.5 Å². The van der Waals surface area contributed by atoms with Gasteiger partial charge in [0, 0.05) is 5.69 Å². The van der Waals surface area contributed by atoms with Crippen molar-refractivity contribution in [3.8, 4) is 5.75 Å². The number of aryl methyl sites for hydroxylation is 1. The molecule has 0 aromatic heterocycles. The zero-order valence-corrected chi connectivity index (χ0v) is 14.3. The Morgan fingerprint density at radius 3 is 2.72 bits per heavy atom. The van der Waals surface area contributed by atoms with Gasteiger partial charge >= 0.3 is 5.97 Å². The highest BCUT2D eigenvalue weighted by atomic mass is 16.6. The zero-order chi connectivity index (χ0) is 17.6. The summed E-state index contributed by atoms with van der Waals surface area (Å²) in [4.78, 5) is 11.6. The van der Waals surface area contributed by atoms with Crippen LogP contribution in [0.3, 0.4) is 0 Å². The maximum Gasteiger partial charge on any atom is 0.338 e. The minimum absolute atomic E-state index is 0.244. The first-order valence-electron chi connectivity index (χ1n) is 8.48. The largest absolute Gasteiger partial charge is 0.494 e. The van der Waals surface area contributed by atoms with E-state index in [9.17, 15) is 4.79 Å². The average Bonchev–Trinajstić information content (AvgIpc) is 3.43. The molecule has 2 aromatic rings. The lowest BCUT2D eigenvalue weighted by Crippen LogP contribution is -2.10. The van der Waals surface area contributed by atoms with Gasteiger partial charge in [0.05, 0.1) is 13.7 Å². The number of methoxy groups -OCH3 is 1. The van der Waals surface area contributed by atoms with Gasteiger partial charge in [0.15, 0.2) is 6.10 Å². The minimum atomic E-state index is -0.507. The number of hydrogen-bond donors (Lipinski definition) is 1. The molecular weight excluding hydrogens is 318 g/mol. The van der Waals surface area contributed by atoms with E-state index < -0.39 is 6.10 Å². The number of unbranched alkanes of at least 4 members (excludes halogenated alkanes) is 1. The fourth-order valence-corrected chi connectivity index (χ4v) is 2.87. The molecule has 3 rings (SSSR count). The fraction of sp³-hybridized carbons (Fsp3) is 0.350. The lowest BCUT2D eigenvalue weighted by atomic mass is 9.97. The maximum atomic E-state index is 11.6. The molecule has 0 unspecified atom stereocenters. The van der Waals surface area contributed by atoms with Crippen molar-refractivity contribution in [1.82, 2.24) is 0 Å². The molecule has 0 radical (unpaired) electrons. The highest BCUT2D eigenvalue weighted by Crippen LogP contribution is 2.42. The summed E-state index contributed by atoms with van der Waals surface area (Å²) in [5.74, 6) is 0.553. The van der Waals surface area contributed by atoms with Crippen LogP contribution in [0.1, 0.15) is 30.1 Å². The number of benzene rings is 2. The molecule has 2 atom stereocenters. The second-order valence-electron chi connectivity index (χ2n) is 6.08. The highest BCUT2D eigenvalue weighted by molar-refractivity contribution is 5.78. The molecule has 1 heterocycles. The third-order valence-corrected chi connectivity index (χ3v) is 4.25. The number of para-hydroxylation sites is 1. The Morgan fingerprint density at radius 1 is 1.16 bits per heavy atom. The van der Waals surface area contributed by atoms with Crippen molar-refractivity contribution in [3.63, 3.8) is 0 Å². The molecular formula is C20H23NO4. The van der Waals surface area contributed by atoms with Crippen LogP contribution in [-0.2, 0) is 20.7 Å². The lowest BCUT2D eigenvalue weighted by molar-refractivity contribution is -0.142. The molecule has 5 nitrogen and oxygen atoms in total. The van der Waals surface area contributed by atoms with E-state index in [0.717, 1.165) is 36.1 Å². The Morgan fingerprint density at radius 2 is 1.96 bits per heavy atom. The van der Waals surface area contributed by atoms with E-state index in [4.69, 9.17) is 19.9 Å². The highest BCUT2D eigenvalue weighted by Gasteiger charge is 2.48. The van der Waals surface area contributed by atoms with Crippen molar-refractivity contribution in [2.75, 3.05) is 19.5 Å². The van der Waals surface area contributed by atoms with Crippen LogP contribution in [0.4, 0.5) is 5.69 Å². The van der Waals surface area contributed by atoms with Crippen LogP contribution in [0.2, 0.25) is 0 Å². The Labute approximate surface area is 147 Å². The van der Waals surface area contributed by atoms with Crippen LogP contribution in [0.5, 0.6) is 5.75 Å². The first-order valence-corrected chi connectivity index (χ1v) is 8.48. The van der Waals surface area contributed by atoms with Gasteiger partial charge in [0.25, 0.3) is 0 Å². The average molecular weight is 341 g/mol. The number of ether oxygens (including phenoxy) is 3. The van der Waals surface area contributed by atoms with E-state index in [1.165, 1.54) is 7.11 Å². The molecule has 0 bridgehead atoms. The monoisotopic (exact) mass is 341 g/mol. The molecule has 0 spiro atoms. The van der Waals surface area contributed by atoms with Gasteiger partial charge in [-0.05, 0) is 54.7 Å². The Kier molecular flexibility index (Phi) is 5.56. The standard InChI is InChI=1S/C20H23NO4/c1-23-20(22)19-18(25-19)17-13-15(21)11-10-14(17)7-5-6-12-24-16-8-3-2-4-9-16/h2-4,8-11,13,18-19H,5-7,12,21H2,1H3/t18-,19+/m1/s1. The predicted octanol–water partition coefficient (Wildman–Crippen LogP) is 3.28. The van der Waals surface area contributed by atoms with Crippen molar-refractivity contribution in [1.29, 1.82) is 0 Å². The Balaban J connectivity index is 1.51. The molecule has 0 aliphatic carbocycles. The van der Waals surface area contributed by atoms with Crippen LogP contribution in [0.25, 0.3) is 0 Å². The normalized spacial score (nSPS) is 18.6. The molecule has 25 heavy (non-hydrogen) atoms. The number of nitrogen functional groups attached to an aromatic ring is 1. The molecule has 132 valence electrons. The summed E-state index contributed by atoms with van der Waals surface area (Å²) in [5, 5.41) is 0. The number of carbonyl (C=O) groups is 1. The van der Waals surface area contributed by atoms with Gasteiger partial charge in [-0.15, -0.1) is 0 Å². The second-order valence-corrected chi connectivity index (χ2v) is 6.08. The number of hydrogen-bond acceptors (Lipinski definition) is 5. The predicted molar refractivity (Wildman–Crippen MR) is 95.4 cm³/mol. The molecule has 2 aromatic carbocycles. The molecule has 1 aliphatic rings. The Hall–Kier alpha value is -2.53. The van der Waals surface area contributed by atoms with Gasteiger partial charge in [0.1, 0.15) is 11.9 Å². The maximum absolute atomic E-state index is 11.6. The topological polar surface area (TPSA) is 74.1 Å². The van der Waals surface area contributed by atoms with Crippen LogP contribution in [0.15, 0.2) is 48.5 Å². The molecule has 1 fully saturated rings. The van der Waals surface area contributed by atoms with Crippen LogP contribution >= 0.6 is 0 Å². The van der Waals surface area contributed by atoms with Crippen LogP contribution < -0.4 is 10.5 Å². The molecule has 0 amide bonds. The fourth-order valence-electron chi connectivity index (χ4n) is 2.87. The van der Waals surface area contributed by atoms with Crippen molar-refractivity contribution in [2.45, 2.75) is 31.5 Å². The van der Waals surface area contributed by atoms with Crippen LogP contribution in [0, 0.1) is 0 Å². The number of rotatable bonds is 8. The number of carbonyl (C=O) groups excluding carboxylic acids is 1. The molecule has 1 saturated heterocycles. The summed E-state index contributed by atoms with van der Waals surface area (Å²) in [6.07, 6.45) is 2.07. The third-order valence-electron chi connectivity index (χ3n) is 4.25. The smallest absolute Gasteiger partial charge is 0.338 e. The quantitative estimate of drug-likeness (QED) is 0.345. The lowest BCUT2D eigenvalue weighted by Gasteiger charge is -2.10. The summed E-state index contributed by atoms with van der Waals surface area (Å²) >= 11 is 0. The van der Waals surface area contributed by atoms with E-state index in [2.05, 4.69) is 0 Å². The molecule has 0 saturated carbocycles. The number of nitrogens with two attached hydrogens (primary N) is 1. The summed E-state index contributed by atoms with van der Waals surface area (Å²) in [6, 6.07) is 15.6. The van der Waals surface area contributed by atoms with Gasteiger partial charge in [-0.2, -0.15) is 0 Å². The van der Waals surface area contributed by atoms with E-state index in [-0.39, 0.29) is 12.1 Å². The van der Waals surface area contributed by atoms with Gasteiger partial charge < -0.3 is 19.9 Å². The van der Waals surface area contributed by atoms with Gasteiger partial charge in [-0.3, -0.25) is 0 Å². The van der Waals surface area contributed by atoms with E-state index in [1.54, 1.807) is 0 Å². The second kappa shape index (κ2) is 8.03. The van der Waals surface area contributed by atoms with Crippen molar-refractivity contribution in [2.24, 2.45) is 0 Å². The van der Waals surface area contributed by atoms with Crippen molar-refractivity contribution >= 4 is 11.7 Å². The third kappa shape index (κ3) is 4.51. The van der Waals surface area contributed by atoms with Gasteiger partial charge in [0.2, 0.25) is 0 Å². The Bertz CT molecular complexity index is 717. The van der Waals surface area contributed by atoms with E-state index >= 15 is 0 Å². The number of esters is 1. The van der Waals surface area contributed by atoms with Gasteiger partial charge in [-0.1, -0.05) is 24.3 Å². The van der Waals surface area contributed by atoms with Crippen molar-refractivity contribution in [3.05, 3.63) is 59.7 Å². The first kappa shape index (κ1) is 17.3. The molecule has 5 heteroatoms. The first-order chi connectivity index (χ1) is 12.2.